The molecule has 4 atom stereocenters. The lowest BCUT2D eigenvalue weighted by Crippen LogP contribution is -2.12. The lowest BCUT2D eigenvalue weighted by molar-refractivity contribution is 0.204. The van der Waals surface area contributed by atoms with E-state index in [1.165, 1.54) is 31.3 Å². The van der Waals surface area contributed by atoms with Gasteiger partial charge in [-0.3, -0.25) is 0 Å². The molecule has 0 aliphatic heterocycles. The van der Waals surface area contributed by atoms with Crippen molar-refractivity contribution < 1.29 is 5.11 Å². The second-order valence-electron chi connectivity index (χ2n) is 5.17. The van der Waals surface area contributed by atoms with E-state index in [4.69, 9.17) is 0 Å². The molecule has 2 saturated carbocycles. The first-order chi connectivity index (χ1) is 6.70. The highest BCUT2D eigenvalue weighted by Crippen LogP contribution is 2.49. The quantitative estimate of drug-likeness (QED) is 0.684. The molecule has 0 aromatic carbocycles. The summed E-state index contributed by atoms with van der Waals surface area (Å²) in [5, 5.41) is 9.69. The zero-order valence-electron chi connectivity index (χ0n) is 9.37. The molecule has 1 N–H and O–H groups in total. The summed E-state index contributed by atoms with van der Waals surface area (Å²) in [5.74, 6) is 2.74. The average molecular weight is 194 g/mol. The first-order valence-electron chi connectivity index (χ1n) is 6.07. The number of aliphatic hydroxyl groups excluding tert-OH is 1. The average Bonchev–Trinajstić information content (AvgIpc) is 2.77. The molecule has 0 heterocycles. The highest BCUT2D eigenvalue weighted by atomic mass is 16.3. The van der Waals surface area contributed by atoms with Gasteiger partial charge in [-0.25, -0.2) is 0 Å². The van der Waals surface area contributed by atoms with Gasteiger partial charge >= 0.3 is 0 Å². The maximum atomic E-state index is 9.69. The predicted octanol–water partition coefficient (Wildman–Crippen LogP) is 3.14. The summed E-state index contributed by atoms with van der Waals surface area (Å²) < 4.78 is 0. The molecular formula is C13H22O. The maximum Gasteiger partial charge on any atom is 0.0744 e. The Bertz CT molecular complexity index is 231. The van der Waals surface area contributed by atoms with Crippen LogP contribution in [0.5, 0.6) is 0 Å². The van der Waals surface area contributed by atoms with Gasteiger partial charge in [0.15, 0.2) is 0 Å². The smallest absolute Gasteiger partial charge is 0.0744 e. The van der Waals surface area contributed by atoms with E-state index in [2.05, 4.69) is 13.0 Å². The van der Waals surface area contributed by atoms with E-state index in [0.717, 1.165) is 24.2 Å². The number of fused-ring (bicyclic) bond motifs is 2. The van der Waals surface area contributed by atoms with Crippen LogP contribution in [0.3, 0.4) is 0 Å². The largest absolute Gasteiger partial charge is 0.389 e. The van der Waals surface area contributed by atoms with Crippen molar-refractivity contribution in [1.29, 1.82) is 0 Å². The van der Waals surface area contributed by atoms with E-state index < -0.39 is 0 Å². The Labute approximate surface area is 87.2 Å². The van der Waals surface area contributed by atoms with Crippen LogP contribution in [0.1, 0.15) is 46.0 Å². The Morgan fingerprint density at radius 1 is 1.43 bits per heavy atom. The zero-order chi connectivity index (χ0) is 10.1. The van der Waals surface area contributed by atoms with Crippen LogP contribution in [0.15, 0.2) is 11.6 Å². The third kappa shape index (κ3) is 1.88. The van der Waals surface area contributed by atoms with Crippen LogP contribution in [-0.2, 0) is 0 Å². The molecule has 2 bridgehead atoms. The monoisotopic (exact) mass is 194 g/mol. The molecule has 0 saturated heterocycles. The number of allylic oxidation sites excluding steroid dienone is 1. The molecule has 2 fully saturated rings. The van der Waals surface area contributed by atoms with Crippen molar-refractivity contribution in [2.45, 2.75) is 52.1 Å². The number of hydrogen-bond acceptors (Lipinski definition) is 1. The van der Waals surface area contributed by atoms with Gasteiger partial charge < -0.3 is 5.11 Å². The van der Waals surface area contributed by atoms with E-state index in [1.807, 2.05) is 6.92 Å². The topological polar surface area (TPSA) is 20.2 Å². The fourth-order valence-electron chi connectivity index (χ4n) is 3.27. The summed E-state index contributed by atoms with van der Waals surface area (Å²) in [6.45, 7) is 4.13. The molecule has 80 valence electrons. The summed E-state index contributed by atoms with van der Waals surface area (Å²) in [6, 6.07) is 0. The van der Waals surface area contributed by atoms with Crippen LogP contribution in [0, 0.1) is 17.8 Å². The molecule has 2 aliphatic rings. The van der Waals surface area contributed by atoms with Crippen LogP contribution in [0.2, 0.25) is 0 Å². The number of rotatable bonds is 3. The van der Waals surface area contributed by atoms with Crippen LogP contribution in [0.4, 0.5) is 0 Å². The van der Waals surface area contributed by atoms with Crippen molar-refractivity contribution in [3.8, 4) is 0 Å². The van der Waals surface area contributed by atoms with Crippen LogP contribution < -0.4 is 0 Å². The summed E-state index contributed by atoms with van der Waals surface area (Å²) in [7, 11) is 0. The van der Waals surface area contributed by atoms with Crippen molar-refractivity contribution in [1.82, 2.24) is 0 Å². The molecule has 0 amide bonds. The molecule has 14 heavy (non-hydrogen) atoms. The highest BCUT2D eigenvalue weighted by molar-refractivity contribution is 5.10. The van der Waals surface area contributed by atoms with E-state index in [0.29, 0.717) is 0 Å². The normalized spacial score (nSPS) is 39.1. The van der Waals surface area contributed by atoms with Gasteiger partial charge in [0.25, 0.3) is 0 Å². The molecule has 0 aromatic heterocycles. The van der Waals surface area contributed by atoms with Gasteiger partial charge in [-0.15, -0.1) is 0 Å². The summed E-state index contributed by atoms with van der Waals surface area (Å²) in [6.07, 6.45) is 8.75. The summed E-state index contributed by atoms with van der Waals surface area (Å²) >= 11 is 0. The molecule has 2 aliphatic carbocycles. The van der Waals surface area contributed by atoms with Gasteiger partial charge in [0.2, 0.25) is 0 Å². The van der Waals surface area contributed by atoms with Gasteiger partial charge in [0.05, 0.1) is 6.10 Å². The van der Waals surface area contributed by atoms with Gasteiger partial charge in [-0.05, 0) is 55.9 Å². The Kier molecular flexibility index (Phi) is 2.96. The maximum absolute atomic E-state index is 9.69. The molecule has 1 heteroatoms. The van der Waals surface area contributed by atoms with Gasteiger partial charge in [0.1, 0.15) is 0 Å². The molecule has 0 radical (unpaired) electrons. The highest BCUT2D eigenvalue weighted by Gasteiger charge is 2.38. The minimum atomic E-state index is -0.200. The summed E-state index contributed by atoms with van der Waals surface area (Å²) in [5.41, 5.74) is 1.20. The van der Waals surface area contributed by atoms with Crippen LogP contribution in [0.25, 0.3) is 0 Å². The molecule has 4 unspecified atom stereocenters. The molecular weight excluding hydrogens is 172 g/mol. The Balaban J connectivity index is 1.97. The van der Waals surface area contributed by atoms with E-state index in [1.54, 1.807) is 0 Å². The van der Waals surface area contributed by atoms with Crippen molar-refractivity contribution in [3.05, 3.63) is 11.6 Å². The second kappa shape index (κ2) is 4.06. The minimum absolute atomic E-state index is 0.200. The lowest BCUT2D eigenvalue weighted by atomic mass is 9.87. The third-order valence-corrected chi connectivity index (χ3v) is 4.18. The van der Waals surface area contributed by atoms with Gasteiger partial charge in [0, 0.05) is 0 Å². The molecule has 0 spiro atoms. The SMILES string of the molecule is CCC(O)/C(C)=C/C1CC2CCC1C2. The summed E-state index contributed by atoms with van der Waals surface area (Å²) in [4.78, 5) is 0. The first kappa shape index (κ1) is 10.2. The van der Waals surface area contributed by atoms with E-state index in [9.17, 15) is 5.11 Å². The number of aliphatic hydroxyl groups is 1. The first-order valence-corrected chi connectivity index (χ1v) is 6.07. The standard InChI is InChI=1S/C13H22O/c1-3-13(14)9(2)6-12-8-10-4-5-11(12)7-10/h6,10-14H,3-5,7-8H2,1-2H3/b9-6+. The Morgan fingerprint density at radius 3 is 2.71 bits per heavy atom. The van der Waals surface area contributed by atoms with Crippen molar-refractivity contribution in [2.24, 2.45) is 17.8 Å². The molecule has 1 nitrogen and oxygen atoms in total. The third-order valence-electron chi connectivity index (χ3n) is 4.18. The predicted molar refractivity (Wildman–Crippen MR) is 59.0 cm³/mol. The van der Waals surface area contributed by atoms with Crippen molar-refractivity contribution in [2.75, 3.05) is 0 Å². The van der Waals surface area contributed by atoms with E-state index in [-0.39, 0.29) is 6.10 Å². The fourth-order valence-corrected chi connectivity index (χ4v) is 3.27. The Hall–Kier alpha value is -0.300. The van der Waals surface area contributed by atoms with Crippen LogP contribution >= 0.6 is 0 Å². The molecule has 0 aromatic rings. The lowest BCUT2D eigenvalue weighted by Gasteiger charge is -2.20. The van der Waals surface area contributed by atoms with Gasteiger partial charge in [-0.2, -0.15) is 0 Å². The fraction of sp³-hybridized carbons (Fsp3) is 0.846. The zero-order valence-corrected chi connectivity index (χ0v) is 9.37. The second-order valence-corrected chi connectivity index (χ2v) is 5.17. The van der Waals surface area contributed by atoms with Crippen molar-refractivity contribution in [3.63, 3.8) is 0 Å². The molecule has 2 rings (SSSR count). The van der Waals surface area contributed by atoms with Gasteiger partial charge in [-0.1, -0.05) is 19.4 Å². The van der Waals surface area contributed by atoms with E-state index >= 15 is 0 Å². The number of hydrogen-bond donors (Lipinski definition) is 1. The van der Waals surface area contributed by atoms with Crippen LogP contribution in [-0.4, -0.2) is 11.2 Å². The minimum Gasteiger partial charge on any atom is -0.389 e. The van der Waals surface area contributed by atoms with Crippen molar-refractivity contribution >= 4 is 0 Å². The Morgan fingerprint density at radius 2 is 2.21 bits per heavy atom.